The predicted octanol–water partition coefficient (Wildman–Crippen LogP) is 1.37. The summed E-state index contributed by atoms with van der Waals surface area (Å²) in [6, 6.07) is 4.12. The highest BCUT2D eigenvalue weighted by Gasteiger charge is 2.37. The maximum absolute atomic E-state index is 11.6. The molecule has 0 aromatic carbocycles. The number of amides is 1. The van der Waals surface area contributed by atoms with Crippen LogP contribution in [0.3, 0.4) is 0 Å². The van der Waals surface area contributed by atoms with Crippen LogP contribution < -0.4 is 5.73 Å². The largest absolute Gasteiger partial charge is 0.333 e. The molecular weight excluding hydrogens is 196 g/mol. The van der Waals surface area contributed by atoms with Gasteiger partial charge in [0.1, 0.15) is 0 Å². The van der Waals surface area contributed by atoms with Crippen LogP contribution in [0.4, 0.5) is 0 Å². The number of carbonyl (C=O) groups is 1. The average molecular weight is 210 g/mol. The van der Waals surface area contributed by atoms with Crippen LogP contribution in [0.1, 0.15) is 24.3 Å². The number of likely N-dealkylation sites (tertiary alicyclic amines) is 1. The Balaban J connectivity index is 2.28. The maximum atomic E-state index is 11.6. The van der Waals surface area contributed by atoms with E-state index >= 15 is 0 Å². The van der Waals surface area contributed by atoms with Crippen molar-refractivity contribution in [1.29, 1.82) is 0 Å². The molecule has 1 aliphatic heterocycles. The summed E-state index contributed by atoms with van der Waals surface area (Å²) in [6.07, 6.45) is 0.483. The first-order chi connectivity index (χ1) is 6.74. The fourth-order valence-corrected chi connectivity index (χ4v) is 2.93. The third-order valence-corrected chi connectivity index (χ3v) is 3.59. The fraction of sp³-hybridized carbons (Fsp3) is 0.500. The highest BCUT2D eigenvalue weighted by molar-refractivity contribution is 7.10. The Morgan fingerprint density at radius 3 is 3.07 bits per heavy atom. The zero-order valence-corrected chi connectivity index (χ0v) is 8.96. The van der Waals surface area contributed by atoms with Crippen molar-refractivity contribution in [3.63, 3.8) is 0 Å². The van der Waals surface area contributed by atoms with Gasteiger partial charge in [-0.15, -0.1) is 11.3 Å². The van der Waals surface area contributed by atoms with Crippen LogP contribution in [0.5, 0.6) is 0 Å². The predicted molar refractivity (Wildman–Crippen MR) is 57.0 cm³/mol. The van der Waals surface area contributed by atoms with Crippen LogP contribution in [0.2, 0.25) is 0 Å². The van der Waals surface area contributed by atoms with Crippen molar-refractivity contribution >= 4 is 17.2 Å². The van der Waals surface area contributed by atoms with Crippen LogP contribution in [0, 0.1) is 0 Å². The van der Waals surface area contributed by atoms with Gasteiger partial charge < -0.3 is 10.6 Å². The Kier molecular flexibility index (Phi) is 2.56. The molecule has 2 rings (SSSR count). The molecule has 1 amide bonds. The Hall–Kier alpha value is -0.870. The Labute approximate surface area is 87.5 Å². The van der Waals surface area contributed by atoms with E-state index in [2.05, 4.69) is 6.07 Å². The molecule has 4 heteroatoms. The summed E-state index contributed by atoms with van der Waals surface area (Å²) in [5, 5.41) is 2.03. The minimum absolute atomic E-state index is 0.0406. The summed E-state index contributed by atoms with van der Waals surface area (Å²) in [5.74, 6) is 0.179. The number of rotatable bonds is 2. The van der Waals surface area contributed by atoms with Crippen molar-refractivity contribution in [1.82, 2.24) is 4.90 Å². The fourth-order valence-electron chi connectivity index (χ4n) is 2.01. The van der Waals surface area contributed by atoms with E-state index < -0.39 is 0 Å². The molecule has 1 aromatic heterocycles. The van der Waals surface area contributed by atoms with Gasteiger partial charge in [0.25, 0.3) is 0 Å². The molecule has 0 aliphatic carbocycles. The lowest BCUT2D eigenvalue weighted by atomic mass is 10.1. The molecule has 14 heavy (non-hydrogen) atoms. The first-order valence-electron chi connectivity index (χ1n) is 4.82. The molecule has 0 radical (unpaired) electrons. The van der Waals surface area contributed by atoms with E-state index in [1.807, 2.05) is 23.3 Å². The van der Waals surface area contributed by atoms with Gasteiger partial charge in [0.2, 0.25) is 5.91 Å². The normalized spacial score (nSPS) is 27.3. The third kappa shape index (κ3) is 1.44. The van der Waals surface area contributed by atoms with Crippen LogP contribution >= 0.6 is 11.3 Å². The molecule has 0 unspecified atom stereocenters. The van der Waals surface area contributed by atoms with Crippen LogP contribution in [0.25, 0.3) is 0 Å². The molecule has 1 aliphatic rings. The first kappa shape index (κ1) is 9.68. The molecule has 0 bridgehead atoms. The number of thiophene rings is 1. The van der Waals surface area contributed by atoms with E-state index in [4.69, 9.17) is 5.73 Å². The van der Waals surface area contributed by atoms with Gasteiger partial charge in [-0.3, -0.25) is 4.79 Å². The zero-order chi connectivity index (χ0) is 10.1. The van der Waals surface area contributed by atoms with Crippen molar-refractivity contribution in [3.05, 3.63) is 22.4 Å². The van der Waals surface area contributed by atoms with Gasteiger partial charge >= 0.3 is 0 Å². The summed E-state index contributed by atoms with van der Waals surface area (Å²) in [5.41, 5.74) is 5.97. The number of likely N-dealkylation sites (N-methyl/N-ethyl adjacent to an activating group) is 1. The van der Waals surface area contributed by atoms with Crippen molar-refractivity contribution in [2.24, 2.45) is 5.73 Å². The summed E-state index contributed by atoms with van der Waals surface area (Å²) >= 11 is 1.67. The van der Waals surface area contributed by atoms with Gasteiger partial charge in [0, 0.05) is 23.9 Å². The van der Waals surface area contributed by atoms with Crippen LogP contribution in [0.15, 0.2) is 17.5 Å². The lowest BCUT2D eigenvalue weighted by Crippen LogP contribution is -2.32. The van der Waals surface area contributed by atoms with E-state index in [0.29, 0.717) is 6.42 Å². The molecule has 2 N–H and O–H groups in total. The van der Waals surface area contributed by atoms with Gasteiger partial charge in [-0.25, -0.2) is 0 Å². The molecule has 0 spiro atoms. The minimum atomic E-state index is -0.0406. The second-order valence-corrected chi connectivity index (χ2v) is 4.49. The second kappa shape index (κ2) is 3.71. The molecule has 1 fully saturated rings. The van der Waals surface area contributed by atoms with Gasteiger partial charge in [0.05, 0.1) is 6.04 Å². The zero-order valence-electron chi connectivity index (χ0n) is 8.14. The number of nitrogens with zero attached hydrogens (tertiary/aromatic N) is 1. The number of hydrogen-bond acceptors (Lipinski definition) is 3. The smallest absolute Gasteiger partial charge is 0.224 e. The lowest BCUT2D eigenvalue weighted by molar-refractivity contribution is -0.128. The topological polar surface area (TPSA) is 46.3 Å². The molecule has 3 nitrogen and oxygen atoms in total. The van der Waals surface area contributed by atoms with E-state index in [1.54, 1.807) is 11.3 Å². The number of carbonyl (C=O) groups excluding carboxylic acids is 1. The molecule has 76 valence electrons. The maximum Gasteiger partial charge on any atom is 0.224 e. The van der Waals surface area contributed by atoms with Gasteiger partial charge in [-0.05, 0) is 18.4 Å². The van der Waals surface area contributed by atoms with Gasteiger partial charge in [0.15, 0.2) is 0 Å². The van der Waals surface area contributed by atoms with Gasteiger partial charge in [-0.1, -0.05) is 6.07 Å². The summed E-state index contributed by atoms with van der Waals surface area (Å²) in [6.45, 7) is 2.74. The quantitative estimate of drug-likeness (QED) is 0.801. The molecular formula is C10H14N2OS. The van der Waals surface area contributed by atoms with E-state index in [0.717, 1.165) is 6.54 Å². The van der Waals surface area contributed by atoms with E-state index in [9.17, 15) is 4.79 Å². The molecule has 0 saturated carbocycles. The number of nitrogens with two attached hydrogens (primary N) is 1. The van der Waals surface area contributed by atoms with Crippen molar-refractivity contribution in [3.8, 4) is 0 Å². The third-order valence-electron chi connectivity index (χ3n) is 2.65. The average Bonchev–Trinajstić information content (AvgIpc) is 2.72. The Bertz CT molecular complexity index is 323. The Morgan fingerprint density at radius 1 is 1.71 bits per heavy atom. The first-order valence-corrected chi connectivity index (χ1v) is 5.70. The molecule has 2 atom stereocenters. The Morgan fingerprint density at radius 2 is 2.50 bits per heavy atom. The van der Waals surface area contributed by atoms with Crippen molar-refractivity contribution < 1.29 is 4.79 Å². The van der Waals surface area contributed by atoms with Crippen molar-refractivity contribution in [2.45, 2.75) is 25.4 Å². The standard InChI is InChI=1S/C10H14N2OS/c1-2-12-9(13)6-7(11)10(12)8-4-3-5-14-8/h3-5,7,10H,2,6,11H2,1H3/t7-,10-/m0/s1. The number of hydrogen-bond donors (Lipinski definition) is 1. The molecule has 1 saturated heterocycles. The summed E-state index contributed by atoms with van der Waals surface area (Å²) < 4.78 is 0. The van der Waals surface area contributed by atoms with Gasteiger partial charge in [-0.2, -0.15) is 0 Å². The summed E-state index contributed by atoms with van der Waals surface area (Å²) in [7, 11) is 0. The highest BCUT2D eigenvalue weighted by Crippen LogP contribution is 2.33. The molecule has 1 aromatic rings. The van der Waals surface area contributed by atoms with E-state index in [1.165, 1.54) is 4.88 Å². The van der Waals surface area contributed by atoms with Crippen LogP contribution in [-0.2, 0) is 4.79 Å². The highest BCUT2D eigenvalue weighted by atomic mass is 32.1. The monoisotopic (exact) mass is 210 g/mol. The molecule has 2 heterocycles. The van der Waals surface area contributed by atoms with Crippen molar-refractivity contribution in [2.75, 3.05) is 6.54 Å². The SMILES string of the molecule is CCN1C(=O)C[C@H](N)[C@H]1c1cccs1. The van der Waals surface area contributed by atoms with E-state index in [-0.39, 0.29) is 18.0 Å². The second-order valence-electron chi connectivity index (χ2n) is 3.51. The lowest BCUT2D eigenvalue weighted by Gasteiger charge is -2.24. The minimum Gasteiger partial charge on any atom is -0.333 e. The van der Waals surface area contributed by atoms with Crippen LogP contribution in [-0.4, -0.2) is 23.4 Å². The summed E-state index contributed by atoms with van der Waals surface area (Å²) in [4.78, 5) is 14.6.